The van der Waals surface area contributed by atoms with Crippen LogP contribution in [0.4, 0.5) is 0 Å². The highest BCUT2D eigenvalue weighted by molar-refractivity contribution is 6.77. The molecule has 0 saturated heterocycles. The molecule has 0 aromatic carbocycles. The molecule has 0 unspecified atom stereocenters. The Kier molecular flexibility index (Phi) is 10.0. The molecule has 0 amide bonds. The van der Waals surface area contributed by atoms with Gasteiger partial charge in [0.1, 0.15) is 0 Å². The van der Waals surface area contributed by atoms with Crippen LogP contribution < -0.4 is 0 Å². The Hall–Kier alpha value is 0.354. The fourth-order valence-corrected chi connectivity index (χ4v) is 10.3. The van der Waals surface area contributed by atoms with Gasteiger partial charge >= 0.3 is 0 Å². The van der Waals surface area contributed by atoms with E-state index in [-0.39, 0.29) is 0 Å². The van der Waals surface area contributed by atoms with Gasteiger partial charge < -0.3 is 8.85 Å². The third-order valence-electron chi connectivity index (χ3n) is 6.12. The Morgan fingerprint density at radius 2 is 1.04 bits per heavy atom. The molecule has 0 bridgehead atoms. The van der Waals surface area contributed by atoms with Crippen molar-refractivity contribution >= 4 is 16.6 Å². The molecule has 0 spiro atoms. The summed E-state index contributed by atoms with van der Waals surface area (Å²) in [5, 5.41) is 0.313. The molecule has 0 saturated carbocycles. The van der Waals surface area contributed by atoms with Crippen molar-refractivity contribution in [2.75, 3.05) is 13.2 Å². The first-order valence-corrected chi connectivity index (χ1v) is 15.1. The molecule has 0 atom stereocenters. The Morgan fingerprint density at radius 3 is 1.38 bits per heavy atom. The van der Waals surface area contributed by atoms with Gasteiger partial charge in [0.2, 0.25) is 0 Å². The first kappa shape index (κ1) is 24.4. The van der Waals surface area contributed by atoms with Gasteiger partial charge in [-0.1, -0.05) is 62.3 Å². The molecule has 4 heteroatoms. The molecule has 0 aliphatic rings. The molecule has 0 aromatic heterocycles. The molecule has 0 aliphatic carbocycles. The first-order valence-electron chi connectivity index (χ1n) is 10.1. The summed E-state index contributed by atoms with van der Waals surface area (Å²) in [5.41, 5.74) is 2.04. The predicted octanol–water partition coefficient (Wildman–Crippen LogP) is 7.37. The van der Waals surface area contributed by atoms with E-state index in [9.17, 15) is 0 Å². The predicted molar refractivity (Wildman–Crippen MR) is 114 cm³/mol. The van der Waals surface area contributed by atoms with Crippen molar-refractivity contribution in [3.05, 3.63) is 0 Å². The molecule has 0 fully saturated rings. The SMILES string of the molecule is CC(C)[Si](OCCCCCO[Si](C)(C)C(C)(C)C)(C(C)C)C(C)C. The second-order valence-electron chi connectivity index (χ2n) is 9.84. The molecule has 2 nitrogen and oxygen atoms in total. The fraction of sp³-hybridized carbons (Fsp3) is 1.00. The lowest BCUT2D eigenvalue weighted by atomic mass is 10.2. The van der Waals surface area contributed by atoms with Crippen LogP contribution in [0.2, 0.25) is 34.8 Å². The second kappa shape index (κ2) is 9.89. The Labute approximate surface area is 155 Å². The lowest BCUT2D eigenvalue weighted by Gasteiger charge is -2.42. The number of hydrogen-bond acceptors (Lipinski definition) is 2. The van der Waals surface area contributed by atoms with Crippen molar-refractivity contribution < 1.29 is 8.85 Å². The van der Waals surface area contributed by atoms with Crippen molar-refractivity contribution in [1.82, 2.24) is 0 Å². The summed E-state index contributed by atoms with van der Waals surface area (Å²) in [7, 11) is -3.25. The van der Waals surface area contributed by atoms with Crippen LogP contribution in [0, 0.1) is 0 Å². The highest BCUT2D eigenvalue weighted by Gasteiger charge is 2.44. The van der Waals surface area contributed by atoms with E-state index in [1.54, 1.807) is 0 Å². The van der Waals surface area contributed by atoms with Gasteiger partial charge in [-0.15, -0.1) is 0 Å². The average Bonchev–Trinajstić information content (AvgIpc) is 2.39. The van der Waals surface area contributed by atoms with Gasteiger partial charge in [-0.2, -0.15) is 0 Å². The van der Waals surface area contributed by atoms with Gasteiger partial charge in [0.15, 0.2) is 16.6 Å². The summed E-state index contributed by atoms with van der Waals surface area (Å²) in [6.07, 6.45) is 3.55. The normalized spacial score (nSPS) is 14.2. The van der Waals surface area contributed by atoms with Crippen LogP contribution in [0.1, 0.15) is 81.6 Å². The zero-order chi connectivity index (χ0) is 19.2. The quantitative estimate of drug-likeness (QED) is 0.277. The Balaban J connectivity index is 4.21. The Morgan fingerprint density at radius 1 is 0.667 bits per heavy atom. The summed E-state index contributed by atoms with van der Waals surface area (Å²) in [4.78, 5) is 0. The van der Waals surface area contributed by atoms with Gasteiger partial charge in [-0.25, -0.2) is 0 Å². The maximum absolute atomic E-state index is 6.62. The van der Waals surface area contributed by atoms with Gasteiger partial charge in [0.05, 0.1) is 0 Å². The van der Waals surface area contributed by atoms with Crippen LogP contribution in [0.15, 0.2) is 0 Å². The molecule has 0 aliphatic heterocycles. The minimum absolute atomic E-state index is 0.313. The summed E-state index contributed by atoms with van der Waals surface area (Å²) in [6.45, 7) is 27.6. The third-order valence-corrected chi connectivity index (χ3v) is 16.8. The smallest absolute Gasteiger partial charge is 0.200 e. The molecular weight excluding hydrogens is 328 g/mol. The fourth-order valence-electron chi connectivity index (χ4n) is 3.67. The van der Waals surface area contributed by atoms with Gasteiger partial charge in [0.25, 0.3) is 0 Å². The summed E-state index contributed by atoms with van der Waals surface area (Å²) in [5.74, 6) is 0. The average molecular weight is 375 g/mol. The van der Waals surface area contributed by atoms with Gasteiger partial charge in [0, 0.05) is 13.2 Å². The maximum Gasteiger partial charge on any atom is 0.200 e. The summed E-state index contributed by atoms with van der Waals surface area (Å²) >= 11 is 0. The van der Waals surface area contributed by atoms with Crippen molar-refractivity contribution in [2.45, 2.75) is 116 Å². The van der Waals surface area contributed by atoms with E-state index in [1.165, 1.54) is 12.8 Å². The van der Waals surface area contributed by atoms with E-state index in [0.717, 1.165) is 19.6 Å². The molecule has 0 radical (unpaired) electrons. The largest absolute Gasteiger partial charge is 0.417 e. The standard InChI is InChI=1S/C20H46O2Si2/c1-17(2)24(18(3)4,19(5)6)22-16-14-12-13-15-21-23(10,11)20(7,8)9/h17-19H,12-16H2,1-11H3. The number of rotatable bonds is 11. The molecule has 146 valence electrons. The molecular formula is C20H46O2Si2. The van der Waals surface area contributed by atoms with Crippen LogP contribution >= 0.6 is 0 Å². The molecule has 0 heterocycles. The van der Waals surface area contributed by atoms with Crippen LogP contribution in [0.5, 0.6) is 0 Å². The zero-order valence-corrected chi connectivity index (χ0v) is 20.6. The van der Waals surface area contributed by atoms with Crippen molar-refractivity contribution in [2.24, 2.45) is 0 Å². The van der Waals surface area contributed by atoms with Crippen LogP contribution in [-0.4, -0.2) is 29.8 Å². The molecule has 0 N–H and O–H groups in total. The van der Waals surface area contributed by atoms with E-state index in [4.69, 9.17) is 8.85 Å². The maximum atomic E-state index is 6.62. The summed E-state index contributed by atoms with van der Waals surface area (Å²) < 4.78 is 12.9. The third kappa shape index (κ3) is 6.58. The van der Waals surface area contributed by atoms with Crippen molar-refractivity contribution in [3.63, 3.8) is 0 Å². The monoisotopic (exact) mass is 374 g/mol. The van der Waals surface area contributed by atoms with Crippen LogP contribution in [0.3, 0.4) is 0 Å². The Bertz CT molecular complexity index is 322. The highest BCUT2D eigenvalue weighted by atomic mass is 28.4. The van der Waals surface area contributed by atoms with Crippen LogP contribution in [-0.2, 0) is 8.85 Å². The zero-order valence-electron chi connectivity index (χ0n) is 18.6. The first-order chi connectivity index (χ1) is 10.8. The van der Waals surface area contributed by atoms with Gasteiger partial charge in [-0.3, -0.25) is 0 Å². The topological polar surface area (TPSA) is 18.5 Å². The summed E-state index contributed by atoms with van der Waals surface area (Å²) in [6, 6.07) is 0. The van der Waals surface area contributed by atoms with Crippen LogP contribution in [0.25, 0.3) is 0 Å². The van der Waals surface area contributed by atoms with Gasteiger partial charge in [-0.05, 0) is 54.0 Å². The van der Waals surface area contributed by atoms with Crippen molar-refractivity contribution in [1.29, 1.82) is 0 Å². The minimum atomic E-state index is -1.68. The second-order valence-corrected chi connectivity index (χ2v) is 20.1. The van der Waals surface area contributed by atoms with E-state index in [1.807, 2.05) is 0 Å². The number of hydrogen-bond donors (Lipinski definition) is 0. The van der Waals surface area contributed by atoms with E-state index >= 15 is 0 Å². The molecule has 0 rings (SSSR count). The highest BCUT2D eigenvalue weighted by Crippen LogP contribution is 2.42. The van der Waals surface area contributed by atoms with E-state index in [2.05, 4.69) is 75.4 Å². The number of unbranched alkanes of at least 4 members (excludes halogenated alkanes) is 2. The minimum Gasteiger partial charge on any atom is -0.417 e. The van der Waals surface area contributed by atoms with Crippen molar-refractivity contribution in [3.8, 4) is 0 Å². The molecule has 24 heavy (non-hydrogen) atoms. The van der Waals surface area contributed by atoms with E-state index in [0.29, 0.717) is 21.7 Å². The molecule has 0 aromatic rings. The van der Waals surface area contributed by atoms with E-state index < -0.39 is 16.6 Å². The lowest BCUT2D eigenvalue weighted by molar-refractivity contribution is 0.249. The lowest BCUT2D eigenvalue weighted by Crippen LogP contribution is -2.47.